The Hall–Kier alpha value is -1.98. The fraction of sp³-hybridized carbons (Fsp3) is 0.409. The van der Waals surface area contributed by atoms with Gasteiger partial charge in [0.2, 0.25) is 5.91 Å². The molecule has 1 amide bonds. The third-order valence-corrected chi connectivity index (χ3v) is 5.76. The normalized spacial score (nSPS) is 14.2. The van der Waals surface area contributed by atoms with E-state index in [-0.39, 0.29) is 5.91 Å². The van der Waals surface area contributed by atoms with Gasteiger partial charge >= 0.3 is 0 Å². The number of rotatable bonds is 7. The Kier molecular flexibility index (Phi) is 7.18. The third kappa shape index (κ3) is 6.01. The van der Waals surface area contributed by atoms with Crippen molar-refractivity contribution in [3.63, 3.8) is 0 Å². The minimum atomic E-state index is 0.171. The van der Waals surface area contributed by atoms with E-state index in [0.29, 0.717) is 12.3 Å². The van der Waals surface area contributed by atoms with E-state index < -0.39 is 0 Å². The zero-order chi connectivity index (χ0) is 19.1. The van der Waals surface area contributed by atoms with Crippen LogP contribution >= 0.6 is 11.8 Å². The summed E-state index contributed by atoms with van der Waals surface area (Å²) < 4.78 is 5.40. The average molecular weight is 385 g/mol. The third-order valence-electron chi connectivity index (χ3n) is 4.77. The zero-order valence-corrected chi connectivity index (χ0v) is 17.0. The number of carbonyl (C=O) groups excluding carboxylic acids is 1. The SMILES string of the molecule is Cc1ccc(CSCC(=O)N(C)Cc2ccc(N3CCOCC3)cc2)cc1. The number of amides is 1. The predicted molar refractivity (Wildman–Crippen MR) is 113 cm³/mol. The van der Waals surface area contributed by atoms with Crippen LogP contribution in [0.5, 0.6) is 0 Å². The van der Waals surface area contributed by atoms with Gasteiger partial charge in [-0.25, -0.2) is 0 Å². The molecule has 1 saturated heterocycles. The molecule has 0 unspecified atom stereocenters. The summed E-state index contributed by atoms with van der Waals surface area (Å²) in [6.07, 6.45) is 0. The van der Waals surface area contributed by atoms with Gasteiger partial charge in [-0.05, 0) is 30.2 Å². The Bertz CT molecular complexity index is 725. The number of morpholine rings is 1. The standard InChI is InChI=1S/C22H28N2O2S/c1-18-3-5-20(6-4-18)16-27-17-22(25)23(2)15-19-7-9-21(10-8-19)24-11-13-26-14-12-24/h3-10H,11-17H2,1-2H3. The largest absolute Gasteiger partial charge is 0.378 e. The second-order valence-corrected chi connectivity index (χ2v) is 7.98. The van der Waals surface area contributed by atoms with E-state index in [1.165, 1.54) is 16.8 Å². The van der Waals surface area contributed by atoms with Crippen LogP contribution in [0.25, 0.3) is 0 Å². The fourth-order valence-corrected chi connectivity index (χ4v) is 3.97. The summed E-state index contributed by atoms with van der Waals surface area (Å²) in [5.74, 6) is 1.55. The van der Waals surface area contributed by atoms with Crippen molar-refractivity contribution in [2.24, 2.45) is 0 Å². The van der Waals surface area contributed by atoms with Crippen LogP contribution in [0.3, 0.4) is 0 Å². The van der Waals surface area contributed by atoms with E-state index in [4.69, 9.17) is 4.74 Å². The topological polar surface area (TPSA) is 32.8 Å². The fourth-order valence-electron chi connectivity index (χ4n) is 3.05. The van der Waals surface area contributed by atoms with E-state index in [1.807, 2.05) is 11.9 Å². The molecule has 0 saturated carbocycles. The van der Waals surface area contributed by atoms with Crippen molar-refractivity contribution in [3.8, 4) is 0 Å². The molecule has 1 aliphatic heterocycles. The summed E-state index contributed by atoms with van der Waals surface area (Å²) in [5.41, 5.74) is 4.91. The molecule has 1 fully saturated rings. The number of anilines is 1. The van der Waals surface area contributed by atoms with Gasteiger partial charge in [-0.3, -0.25) is 4.79 Å². The average Bonchev–Trinajstić information content (AvgIpc) is 2.70. The van der Waals surface area contributed by atoms with Crippen LogP contribution in [0.2, 0.25) is 0 Å². The van der Waals surface area contributed by atoms with Gasteiger partial charge < -0.3 is 14.5 Å². The first-order chi connectivity index (χ1) is 13.1. The Labute approximate surface area is 166 Å². The lowest BCUT2D eigenvalue weighted by molar-refractivity contribution is -0.127. The molecule has 4 nitrogen and oxygen atoms in total. The quantitative estimate of drug-likeness (QED) is 0.728. The molecule has 2 aromatic rings. The van der Waals surface area contributed by atoms with Gasteiger partial charge in [0.15, 0.2) is 0 Å². The maximum Gasteiger partial charge on any atom is 0.232 e. The molecule has 0 N–H and O–H groups in total. The van der Waals surface area contributed by atoms with Crippen LogP contribution in [-0.2, 0) is 21.8 Å². The van der Waals surface area contributed by atoms with Gasteiger partial charge in [0.25, 0.3) is 0 Å². The van der Waals surface area contributed by atoms with Gasteiger partial charge in [0.05, 0.1) is 19.0 Å². The molecule has 144 valence electrons. The molecule has 3 rings (SSSR count). The van der Waals surface area contributed by atoms with Crippen molar-refractivity contribution in [1.29, 1.82) is 0 Å². The molecule has 5 heteroatoms. The summed E-state index contributed by atoms with van der Waals surface area (Å²) in [6.45, 7) is 6.20. The van der Waals surface area contributed by atoms with E-state index in [9.17, 15) is 4.79 Å². The molecule has 0 bridgehead atoms. The molecule has 0 aromatic heterocycles. The van der Waals surface area contributed by atoms with Gasteiger partial charge in [0.1, 0.15) is 0 Å². The highest BCUT2D eigenvalue weighted by molar-refractivity contribution is 7.99. The van der Waals surface area contributed by atoms with Crippen molar-refractivity contribution < 1.29 is 9.53 Å². The number of nitrogens with zero attached hydrogens (tertiary/aromatic N) is 2. The summed E-state index contributed by atoms with van der Waals surface area (Å²) in [4.78, 5) is 16.5. The highest BCUT2D eigenvalue weighted by atomic mass is 32.2. The van der Waals surface area contributed by atoms with Gasteiger partial charge in [0, 0.05) is 38.1 Å². The minimum absolute atomic E-state index is 0.171. The second kappa shape index (κ2) is 9.81. The van der Waals surface area contributed by atoms with E-state index >= 15 is 0 Å². The van der Waals surface area contributed by atoms with Crippen LogP contribution in [0.15, 0.2) is 48.5 Å². The summed E-state index contributed by atoms with van der Waals surface area (Å²) in [6, 6.07) is 17.0. The first-order valence-corrected chi connectivity index (χ1v) is 10.6. The minimum Gasteiger partial charge on any atom is -0.378 e. The number of aryl methyl sites for hydroxylation is 1. The monoisotopic (exact) mass is 384 g/mol. The molecule has 0 spiro atoms. The smallest absolute Gasteiger partial charge is 0.232 e. The van der Waals surface area contributed by atoms with Gasteiger partial charge in [-0.15, -0.1) is 11.8 Å². The molecule has 27 heavy (non-hydrogen) atoms. The number of ether oxygens (including phenoxy) is 1. The van der Waals surface area contributed by atoms with Crippen LogP contribution in [0.1, 0.15) is 16.7 Å². The molecule has 0 radical (unpaired) electrons. The highest BCUT2D eigenvalue weighted by Gasteiger charge is 2.12. The number of hydrogen-bond acceptors (Lipinski definition) is 4. The molecular weight excluding hydrogens is 356 g/mol. The summed E-state index contributed by atoms with van der Waals surface area (Å²) in [5, 5.41) is 0. The predicted octanol–water partition coefficient (Wildman–Crippen LogP) is 3.72. The Morgan fingerprint density at radius 3 is 2.33 bits per heavy atom. The second-order valence-electron chi connectivity index (χ2n) is 6.99. The van der Waals surface area contributed by atoms with Crippen LogP contribution in [-0.4, -0.2) is 49.9 Å². The lowest BCUT2D eigenvalue weighted by atomic mass is 10.2. The Morgan fingerprint density at radius 2 is 1.67 bits per heavy atom. The van der Waals surface area contributed by atoms with Gasteiger partial charge in [-0.2, -0.15) is 0 Å². The van der Waals surface area contributed by atoms with E-state index in [2.05, 4.69) is 60.4 Å². The molecule has 0 atom stereocenters. The molecular formula is C22H28N2O2S. The van der Waals surface area contributed by atoms with Crippen molar-refractivity contribution in [1.82, 2.24) is 4.90 Å². The lowest BCUT2D eigenvalue weighted by Crippen LogP contribution is -2.36. The first kappa shape index (κ1) is 19.8. The number of carbonyl (C=O) groups is 1. The Morgan fingerprint density at radius 1 is 1.04 bits per heavy atom. The maximum absolute atomic E-state index is 12.4. The molecule has 0 aliphatic carbocycles. The summed E-state index contributed by atoms with van der Waals surface area (Å²) >= 11 is 1.67. The maximum atomic E-state index is 12.4. The number of thioether (sulfide) groups is 1. The number of benzene rings is 2. The van der Waals surface area contributed by atoms with E-state index in [0.717, 1.165) is 37.6 Å². The zero-order valence-electron chi connectivity index (χ0n) is 16.2. The van der Waals surface area contributed by atoms with Crippen molar-refractivity contribution in [2.45, 2.75) is 19.2 Å². The van der Waals surface area contributed by atoms with E-state index in [1.54, 1.807) is 11.8 Å². The highest BCUT2D eigenvalue weighted by Crippen LogP contribution is 2.18. The van der Waals surface area contributed by atoms with Crippen LogP contribution in [0.4, 0.5) is 5.69 Å². The molecule has 1 aliphatic rings. The van der Waals surface area contributed by atoms with Crippen LogP contribution in [0, 0.1) is 6.92 Å². The van der Waals surface area contributed by atoms with Crippen molar-refractivity contribution in [2.75, 3.05) is 44.0 Å². The first-order valence-electron chi connectivity index (χ1n) is 9.41. The lowest BCUT2D eigenvalue weighted by Gasteiger charge is -2.29. The molecule has 1 heterocycles. The van der Waals surface area contributed by atoms with Crippen LogP contribution < -0.4 is 4.90 Å². The molecule has 2 aromatic carbocycles. The summed E-state index contributed by atoms with van der Waals surface area (Å²) in [7, 11) is 1.88. The van der Waals surface area contributed by atoms with Crippen molar-refractivity contribution >= 4 is 23.4 Å². The van der Waals surface area contributed by atoms with Crippen molar-refractivity contribution in [3.05, 3.63) is 65.2 Å². The number of hydrogen-bond donors (Lipinski definition) is 0. The Balaban J connectivity index is 1.43. The van der Waals surface area contributed by atoms with Gasteiger partial charge in [-0.1, -0.05) is 42.0 Å².